The number of carboxylic acid groups (broad SMARTS) is 1. The molecule has 1 aromatic carbocycles. The minimum atomic E-state index is -1.28. The van der Waals surface area contributed by atoms with Gasteiger partial charge in [-0.15, -0.1) is 0 Å². The van der Waals surface area contributed by atoms with Gasteiger partial charge >= 0.3 is 0 Å². The Morgan fingerprint density at radius 2 is 2.15 bits per heavy atom. The number of rotatable bonds is 1. The third-order valence-electron chi connectivity index (χ3n) is 1.68. The third kappa shape index (κ3) is 1.33. The highest BCUT2D eigenvalue weighted by atomic mass is 16.5. The first-order valence-corrected chi connectivity index (χ1v) is 3.71. The van der Waals surface area contributed by atoms with Gasteiger partial charge in [-0.1, -0.05) is 12.1 Å². The molecule has 13 heavy (non-hydrogen) atoms. The van der Waals surface area contributed by atoms with Crippen LogP contribution >= 0.6 is 0 Å². The number of benzene rings is 1. The van der Waals surface area contributed by atoms with Crippen molar-refractivity contribution in [2.45, 2.75) is 0 Å². The molecule has 0 radical (unpaired) electrons. The van der Waals surface area contributed by atoms with Gasteiger partial charge in [0.05, 0.1) is 17.4 Å². The number of anilines is 1. The molecule has 0 saturated carbocycles. The summed E-state index contributed by atoms with van der Waals surface area (Å²) in [7, 11) is 0. The number of hydrogen-bond donors (Lipinski definition) is 1. The minimum Gasteiger partial charge on any atom is -0.543 e. The van der Waals surface area contributed by atoms with Gasteiger partial charge < -0.3 is 20.0 Å². The zero-order valence-electron chi connectivity index (χ0n) is 6.61. The topological polar surface area (TPSA) is 61.4 Å². The molecule has 66 valence electrons. The molecular weight excluding hydrogens is 170 g/mol. The average Bonchev–Trinajstić information content (AvgIpc) is 2.17. The Bertz CT molecular complexity index is 384. The van der Waals surface area contributed by atoms with Gasteiger partial charge in [0.25, 0.3) is 0 Å². The normalized spacial score (nSPS) is 13.4. The summed E-state index contributed by atoms with van der Waals surface area (Å²) in [4.78, 5) is 10.4. The number of aliphatic carboxylic acids is 1. The van der Waals surface area contributed by atoms with Crippen LogP contribution in [0, 0.1) is 0 Å². The van der Waals surface area contributed by atoms with Crippen molar-refractivity contribution in [2.75, 3.05) is 5.32 Å². The van der Waals surface area contributed by atoms with Crippen LogP contribution in [0.2, 0.25) is 0 Å². The molecule has 1 aromatic rings. The zero-order chi connectivity index (χ0) is 9.26. The van der Waals surface area contributed by atoms with E-state index in [0.717, 1.165) is 6.26 Å². The average molecular weight is 176 g/mol. The summed E-state index contributed by atoms with van der Waals surface area (Å²) in [6.07, 6.45) is 1.12. The SMILES string of the molecule is O=C([O-])C1=COc2ccccc2N1. The number of hydrogen-bond acceptors (Lipinski definition) is 4. The van der Waals surface area contributed by atoms with Crippen LogP contribution in [0.3, 0.4) is 0 Å². The number of para-hydroxylation sites is 2. The fraction of sp³-hybridized carbons (Fsp3) is 0. The third-order valence-corrected chi connectivity index (χ3v) is 1.68. The van der Waals surface area contributed by atoms with E-state index in [4.69, 9.17) is 4.74 Å². The maximum absolute atomic E-state index is 10.4. The van der Waals surface area contributed by atoms with E-state index in [0.29, 0.717) is 11.4 Å². The van der Waals surface area contributed by atoms with Gasteiger partial charge in [-0.2, -0.15) is 0 Å². The Hall–Kier alpha value is -1.97. The summed E-state index contributed by atoms with van der Waals surface area (Å²) in [5.41, 5.74) is 0.558. The molecule has 0 atom stereocenters. The summed E-state index contributed by atoms with van der Waals surface area (Å²) in [6.45, 7) is 0. The summed E-state index contributed by atoms with van der Waals surface area (Å²) < 4.78 is 5.05. The van der Waals surface area contributed by atoms with Crippen molar-refractivity contribution in [3.05, 3.63) is 36.2 Å². The first-order valence-electron chi connectivity index (χ1n) is 3.71. The molecule has 4 heteroatoms. The highest BCUT2D eigenvalue weighted by Gasteiger charge is 2.10. The first-order chi connectivity index (χ1) is 6.27. The fourth-order valence-electron chi connectivity index (χ4n) is 1.07. The second-order valence-corrected chi connectivity index (χ2v) is 2.56. The highest BCUT2D eigenvalue weighted by molar-refractivity contribution is 5.89. The molecule has 0 saturated heterocycles. The van der Waals surface area contributed by atoms with E-state index in [2.05, 4.69) is 5.32 Å². The van der Waals surface area contributed by atoms with Crippen LogP contribution in [0.1, 0.15) is 0 Å². The summed E-state index contributed by atoms with van der Waals surface area (Å²) >= 11 is 0. The van der Waals surface area contributed by atoms with E-state index in [1.807, 2.05) is 0 Å². The van der Waals surface area contributed by atoms with Crippen LogP contribution < -0.4 is 15.2 Å². The first kappa shape index (κ1) is 7.67. The standard InChI is InChI=1S/C9H7NO3/c11-9(12)7-5-13-8-4-2-1-3-6(8)10-7/h1-5,10H,(H,11,12)/p-1. The van der Waals surface area contributed by atoms with Gasteiger partial charge in [0, 0.05) is 0 Å². The molecule has 0 unspecified atom stereocenters. The highest BCUT2D eigenvalue weighted by Crippen LogP contribution is 2.28. The Morgan fingerprint density at radius 3 is 2.92 bits per heavy atom. The number of ether oxygens (including phenoxy) is 1. The van der Waals surface area contributed by atoms with E-state index < -0.39 is 5.97 Å². The van der Waals surface area contributed by atoms with E-state index in [1.54, 1.807) is 24.3 Å². The maximum Gasteiger partial charge on any atom is 0.150 e. The van der Waals surface area contributed by atoms with Gasteiger partial charge in [0.1, 0.15) is 12.0 Å². The smallest absolute Gasteiger partial charge is 0.150 e. The Labute approximate surface area is 74.4 Å². The summed E-state index contributed by atoms with van der Waals surface area (Å²) in [5.74, 6) is -0.679. The second kappa shape index (κ2) is 2.82. The number of carboxylic acids is 1. The summed E-state index contributed by atoms with van der Waals surface area (Å²) in [5, 5.41) is 13.1. The lowest BCUT2D eigenvalue weighted by molar-refractivity contribution is -0.299. The predicted octanol–water partition coefficient (Wildman–Crippen LogP) is 0.0822. The maximum atomic E-state index is 10.4. The zero-order valence-corrected chi connectivity index (χ0v) is 6.61. The number of fused-ring (bicyclic) bond motifs is 1. The van der Waals surface area contributed by atoms with Crippen LogP contribution in [-0.4, -0.2) is 5.97 Å². The van der Waals surface area contributed by atoms with E-state index in [9.17, 15) is 9.90 Å². The van der Waals surface area contributed by atoms with Crippen LogP contribution in [-0.2, 0) is 4.79 Å². The van der Waals surface area contributed by atoms with E-state index >= 15 is 0 Å². The van der Waals surface area contributed by atoms with Crippen LogP contribution in [0.25, 0.3) is 0 Å². The minimum absolute atomic E-state index is 0.0706. The largest absolute Gasteiger partial charge is 0.543 e. The fourth-order valence-corrected chi connectivity index (χ4v) is 1.07. The number of carbonyl (C=O) groups excluding carboxylic acids is 1. The predicted molar refractivity (Wildman–Crippen MR) is 43.8 cm³/mol. The van der Waals surface area contributed by atoms with Gasteiger partial charge in [-0.3, -0.25) is 0 Å². The second-order valence-electron chi connectivity index (χ2n) is 2.56. The number of carbonyl (C=O) groups is 1. The van der Waals surface area contributed by atoms with Crippen molar-refractivity contribution in [1.29, 1.82) is 0 Å². The van der Waals surface area contributed by atoms with Gasteiger partial charge in [-0.05, 0) is 12.1 Å². The molecule has 0 amide bonds. The lowest BCUT2D eigenvalue weighted by atomic mass is 10.2. The molecule has 0 fully saturated rings. The van der Waals surface area contributed by atoms with Crippen LogP contribution in [0.5, 0.6) is 5.75 Å². The van der Waals surface area contributed by atoms with E-state index in [-0.39, 0.29) is 5.70 Å². The molecule has 0 bridgehead atoms. The van der Waals surface area contributed by atoms with Gasteiger partial charge in [0.15, 0.2) is 0 Å². The molecule has 0 aliphatic carbocycles. The Kier molecular flexibility index (Phi) is 1.66. The molecule has 4 nitrogen and oxygen atoms in total. The molecule has 2 rings (SSSR count). The Morgan fingerprint density at radius 1 is 1.38 bits per heavy atom. The molecule has 1 aliphatic rings. The lowest BCUT2D eigenvalue weighted by Gasteiger charge is -2.19. The van der Waals surface area contributed by atoms with Crippen LogP contribution in [0.15, 0.2) is 36.2 Å². The van der Waals surface area contributed by atoms with Gasteiger partial charge in [0.2, 0.25) is 0 Å². The van der Waals surface area contributed by atoms with Crippen molar-refractivity contribution in [1.82, 2.24) is 0 Å². The quantitative estimate of drug-likeness (QED) is 0.658. The molecule has 1 aliphatic heterocycles. The van der Waals surface area contributed by atoms with Crippen molar-refractivity contribution in [3.63, 3.8) is 0 Å². The molecule has 1 N–H and O–H groups in total. The number of nitrogens with one attached hydrogen (secondary N) is 1. The molecule has 0 spiro atoms. The molecule has 0 aromatic heterocycles. The van der Waals surface area contributed by atoms with Crippen molar-refractivity contribution >= 4 is 11.7 Å². The van der Waals surface area contributed by atoms with Gasteiger partial charge in [-0.25, -0.2) is 0 Å². The van der Waals surface area contributed by atoms with Crippen molar-refractivity contribution < 1.29 is 14.6 Å². The van der Waals surface area contributed by atoms with Crippen molar-refractivity contribution in [3.8, 4) is 5.75 Å². The van der Waals surface area contributed by atoms with Crippen LogP contribution in [0.4, 0.5) is 5.69 Å². The van der Waals surface area contributed by atoms with Crippen molar-refractivity contribution in [2.24, 2.45) is 0 Å². The monoisotopic (exact) mass is 176 g/mol. The Balaban J connectivity index is 2.33. The molecular formula is C9H6NO3-. The summed E-state index contributed by atoms with van der Waals surface area (Å²) in [6, 6.07) is 7.06. The lowest BCUT2D eigenvalue weighted by Crippen LogP contribution is -2.30. The van der Waals surface area contributed by atoms with E-state index in [1.165, 1.54) is 0 Å². The molecule has 1 heterocycles.